The van der Waals surface area contributed by atoms with E-state index in [4.69, 9.17) is 4.74 Å². The highest BCUT2D eigenvalue weighted by Gasteiger charge is 2.35. The Balaban J connectivity index is 1.70. The average molecular weight is 288 g/mol. The minimum absolute atomic E-state index is 0.176. The maximum atomic E-state index is 12.8. The molecule has 1 unspecified atom stereocenters. The lowest BCUT2D eigenvalue weighted by atomic mass is 10.1. The minimum atomic E-state index is 0.176. The smallest absolute Gasteiger partial charge is 0.254 e. The highest BCUT2D eigenvalue weighted by molar-refractivity contribution is 5.95. The zero-order chi connectivity index (χ0) is 14.8. The Morgan fingerprint density at radius 3 is 2.43 bits per heavy atom. The summed E-state index contributed by atoms with van der Waals surface area (Å²) in [6.07, 6.45) is 3.38. The van der Waals surface area contributed by atoms with E-state index < -0.39 is 0 Å². The third kappa shape index (κ3) is 3.38. The van der Waals surface area contributed by atoms with Crippen LogP contribution in [0.15, 0.2) is 24.3 Å². The van der Waals surface area contributed by atoms with E-state index in [1.165, 1.54) is 0 Å². The van der Waals surface area contributed by atoms with Crippen LogP contribution in [-0.2, 0) is 4.74 Å². The minimum Gasteiger partial charge on any atom is -0.381 e. The first-order valence-electron chi connectivity index (χ1n) is 7.81. The third-order valence-electron chi connectivity index (χ3n) is 4.36. The monoisotopic (exact) mass is 288 g/mol. The van der Waals surface area contributed by atoms with Gasteiger partial charge >= 0.3 is 0 Å². The van der Waals surface area contributed by atoms with Gasteiger partial charge in [-0.25, -0.2) is 0 Å². The first-order valence-corrected chi connectivity index (χ1v) is 7.81. The van der Waals surface area contributed by atoms with Crippen LogP contribution in [0.5, 0.6) is 0 Å². The van der Waals surface area contributed by atoms with Crippen LogP contribution >= 0.6 is 0 Å². The second-order valence-corrected chi connectivity index (χ2v) is 6.36. The molecule has 1 aromatic rings. The molecule has 1 atom stereocenters. The normalized spacial score (nSPS) is 21.3. The van der Waals surface area contributed by atoms with Gasteiger partial charge < -0.3 is 14.5 Å². The van der Waals surface area contributed by atoms with Gasteiger partial charge in [-0.2, -0.15) is 0 Å². The molecular weight excluding hydrogens is 264 g/mol. The fraction of sp³-hybridized carbons (Fsp3) is 0.588. The van der Waals surface area contributed by atoms with E-state index in [9.17, 15) is 4.79 Å². The number of carbonyl (C=O) groups excluding carboxylic acids is 1. The summed E-state index contributed by atoms with van der Waals surface area (Å²) in [6, 6.07) is 8.36. The van der Waals surface area contributed by atoms with Crippen molar-refractivity contribution >= 4 is 11.6 Å². The van der Waals surface area contributed by atoms with E-state index in [-0.39, 0.29) is 5.91 Å². The summed E-state index contributed by atoms with van der Waals surface area (Å²) in [6.45, 7) is 2.49. The van der Waals surface area contributed by atoms with Gasteiger partial charge in [0.25, 0.3) is 5.91 Å². The van der Waals surface area contributed by atoms with Gasteiger partial charge in [-0.1, -0.05) is 0 Å². The van der Waals surface area contributed by atoms with Crippen LogP contribution in [0, 0.1) is 5.92 Å². The van der Waals surface area contributed by atoms with Crippen molar-refractivity contribution in [2.45, 2.75) is 25.3 Å². The van der Waals surface area contributed by atoms with E-state index in [2.05, 4.69) is 4.90 Å². The maximum absolute atomic E-state index is 12.8. The number of nitrogens with zero attached hydrogens (tertiary/aromatic N) is 2. The maximum Gasteiger partial charge on any atom is 0.254 e. The van der Waals surface area contributed by atoms with E-state index in [1.54, 1.807) is 0 Å². The summed E-state index contributed by atoms with van der Waals surface area (Å²) in [4.78, 5) is 16.9. The van der Waals surface area contributed by atoms with Crippen LogP contribution in [0.2, 0.25) is 0 Å². The summed E-state index contributed by atoms with van der Waals surface area (Å²) in [5, 5.41) is 0. The van der Waals surface area contributed by atoms with Crippen molar-refractivity contribution in [1.29, 1.82) is 0 Å². The highest BCUT2D eigenvalue weighted by Crippen LogP contribution is 2.30. The molecule has 1 aliphatic carbocycles. The van der Waals surface area contributed by atoms with Crippen LogP contribution < -0.4 is 4.90 Å². The van der Waals surface area contributed by atoms with Crippen molar-refractivity contribution in [3.05, 3.63) is 29.8 Å². The standard InChI is InChI=1S/C17H24N2O2/c1-18(2)15-5-3-14(4-6-15)17(20)19(16-7-8-16)11-13-9-10-21-12-13/h3-6,13,16H,7-12H2,1-2H3. The molecule has 3 rings (SSSR count). The summed E-state index contributed by atoms with van der Waals surface area (Å²) in [5.41, 5.74) is 1.92. The van der Waals surface area contributed by atoms with E-state index >= 15 is 0 Å². The molecule has 0 N–H and O–H groups in total. The molecule has 2 fully saturated rings. The van der Waals surface area contributed by atoms with Gasteiger partial charge in [-0.15, -0.1) is 0 Å². The Kier molecular flexibility index (Phi) is 4.15. The fourth-order valence-corrected chi connectivity index (χ4v) is 2.86. The summed E-state index contributed by atoms with van der Waals surface area (Å²) in [5.74, 6) is 0.685. The molecule has 0 aromatic heterocycles. The number of hydrogen-bond acceptors (Lipinski definition) is 3. The van der Waals surface area contributed by atoms with E-state index in [0.29, 0.717) is 12.0 Å². The largest absolute Gasteiger partial charge is 0.381 e. The summed E-state index contributed by atoms with van der Waals surface area (Å²) in [7, 11) is 4.01. The molecule has 0 bridgehead atoms. The first-order chi connectivity index (χ1) is 10.1. The van der Waals surface area contributed by atoms with Gasteiger partial charge in [0, 0.05) is 50.5 Å². The molecule has 1 saturated heterocycles. The molecule has 114 valence electrons. The molecule has 2 aliphatic rings. The molecule has 1 aliphatic heterocycles. The van der Waals surface area contributed by atoms with Gasteiger partial charge in [0.1, 0.15) is 0 Å². The molecule has 0 spiro atoms. The van der Waals surface area contributed by atoms with Crippen molar-refractivity contribution < 1.29 is 9.53 Å². The van der Waals surface area contributed by atoms with Gasteiger partial charge in [0.05, 0.1) is 6.61 Å². The third-order valence-corrected chi connectivity index (χ3v) is 4.36. The zero-order valence-corrected chi connectivity index (χ0v) is 12.9. The number of rotatable bonds is 5. The average Bonchev–Trinajstić information content (AvgIpc) is 3.20. The number of anilines is 1. The van der Waals surface area contributed by atoms with Crippen molar-refractivity contribution in [3.63, 3.8) is 0 Å². The summed E-state index contributed by atoms with van der Waals surface area (Å²) < 4.78 is 5.44. The second kappa shape index (κ2) is 6.06. The molecular formula is C17H24N2O2. The Labute approximate surface area is 126 Å². The Hall–Kier alpha value is -1.55. The summed E-state index contributed by atoms with van der Waals surface area (Å²) >= 11 is 0. The van der Waals surface area contributed by atoms with E-state index in [0.717, 1.165) is 50.3 Å². The zero-order valence-electron chi connectivity index (χ0n) is 12.9. The quantitative estimate of drug-likeness (QED) is 0.834. The van der Waals surface area contributed by atoms with Gasteiger partial charge in [0.15, 0.2) is 0 Å². The Morgan fingerprint density at radius 2 is 1.90 bits per heavy atom. The van der Waals surface area contributed by atoms with Crippen LogP contribution in [0.25, 0.3) is 0 Å². The molecule has 21 heavy (non-hydrogen) atoms. The number of ether oxygens (including phenoxy) is 1. The van der Waals surface area contributed by atoms with Crippen molar-refractivity contribution in [1.82, 2.24) is 4.90 Å². The van der Waals surface area contributed by atoms with E-state index in [1.807, 2.05) is 43.3 Å². The molecule has 1 heterocycles. The van der Waals surface area contributed by atoms with Crippen molar-refractivity contribution in [2.24, 2.45) is 5.92 Å². The highest BCUT2D eigenvalue weighted by atomic mass is 16.5. The number of amides is 1. The predicted molar refractivity (Wildman–Crippen MR) is 83.8 cm³/mol. The van der Waals surface area contributed by atoms with Crippen molar-refractivity contribution in [2.75, 3.05) is 38.8 Å². The van der Waals surface area contributed by atoms with Gasteiger partial charge in [0.2, 0.25) is 0 Å². The fourth-order valence-electron chi connectivity index (χ4n) is 2.86. The number of hydrogen-bond donors (Lipinski definition) is 0. The molecule has 4 nitrogen and oxygen atoms in total. The second-order valence-electron chi connectivity index (χ2n) is 6.36. The number of benzene rings is 1. The first kappa shape index (κ1) is 14.4. The molecule has 1 saturated carbocycles. The molecule has 4 heteroatoms. The SMILES string of the molecule is CN(C)c1ccc(C(=O)N(CC2CCOC2)C2CC2)cc1. The number of carbonyl (C=O) groups is 1. The van der Waals surface area contributed by atoms with Gasteiger partial charge in [-0.3, -0.25) is 4.79 Å². The Morgan fingerprint density at radius 1 is 1.19 bits per heavy atom. The van der Waals surface area contributed by atoms with Gasteiger partial charge in [-0.05, 0) is 43.5 Å². The molecule has 1 aromatic carbocycles. The van der Waals surface area contributed by atoms with Crippen molar-refractivity contribution in [3.8, 4) is 0 Å². The van der Waals surface area contributed by atoms with Crippen LogP contribution in [0.1, 0.15) is 29.6 Å². The Bertz CT molecular complexity index is 488. The van der Waals surface area contributed by atoms with Crippen LogP contribution in [0.3, 0.4) is 0 Å². The lowest BCUT2D eigenvalue weighted by Crippen LogP contribution is -2.37. The lowest BCUT2D eigenvalue weighted by molar-refractivity contribution is 0.0706. The van der Waals surface area contributed by atoms with Crippen LogP contribution in [-0.4, -0.2) is 50.7 Å². The predicted octanol–water partition coefficient (Wildman–Crippen LogP) is 2.39. The lowest BCUT2D eigenvalue weighted by Gasteiger charge is -2.25. The topological polar surface area (TPSA) is 32.8 Å². The molecule has 1 amide bonds. The van der Waals surface area contributed by atoms with Crippen LogP contribution in [0.4, 0.5) is 5.69 Å². The molecule has 0 radical (unpaired) electrons.